The van der Waals surface area contributed by atoms with Gasteiger partial charge in [-0.05, 0) is 35.4 Å². The van der Waals surface area contributed by atoms with Crippen molar-refractivity contribution >= 4 is 11.8 Å². The van der Waals surface area contributed by atoms with E-state index in [0.717, 1.165) is 17.7 Å². The maximum absolute atomic E-state index is 12.1. The summed E-state index contributed by atoms with van der Waals surface area (Å²) in [6, 6.07) is 14.3. The Bertz CT molecular complexity index is 853. The smallest absolute Gasteiger partial charge is 0.251 e. The molecular weight excluding hydrogens is 316 g/mol. The molecule has 0 saturated carbocycles. The van der Waals surface area contributed by atoms with Gasteiger partial charge in [0.05, 0.1) is 6.33 Å². The summed E-state index contributed by atoms with van der Waals surface area (Å²) in [5, 5.41) is 2.86. The number of amides is 2. The fourth-order valence-electron chi connectivity index (χ4n) is 2.42. The molecule has 3 aromatic rings. The molecular formula is C19H18N4O2. The molecule has 25 heavy (non-hydrogen) atoms. The van der Waals surface area contributed by atoms with Crippen LogP contribution in [-0.4, -0.2) is 21.4 Å². The number of benzene rings is 2. The Morgan fingerprint density at radius 2 is 1.60 bits per heavy atom. The Kier molecular flexibility index (Phi) is 4.89. The van der Waals surface area contributed by atoms with Gasteiger partial charge in [-0.3, -0.25) is 9.59 Å². The first-order valence-corrected chi connectivity index (χ1v) is 7.83. The average molecular weight is 334 g/mol. The van der Waals surface area contributed by atoms with Crippen molar-refractivity contribution in [1.82, 2.24) is 14.9 Å². The Balaban J connectivity index is 1.55. The van der Waals surface area contributed by atoms with Crippen molar-refractivity contribution in [3.05, 3.63) is 89.5 Å². The third-order valence-electron chi connectivity index (χ3n) is 3.83. The minimum Gasteiger partial charge on any atom is -0.366 e. The van der Waals surface area contributed by atoms with Crippen LogP contribution in [0.2, 0.25) is 0 Å². The largest absolute Gasteiger partial charge is 0.366 e. The van der Waals surface area contributed by atoms with E-state index in [9.17, 15) is 9.59 Å². The van der Waals surface area contributed by atoms with Crippen LogP contribution in [0.25, 0.3) is 0 Å². The van der Waals surface area contributed by atoms with E-state index in [4.69, 9.17) is 5.73 Å². The molecule has 0 fully saturated rings. The molecule has 1 aromatic heterocycles. The number of primary amides is 1. The zero-order valence-electron chi connectivity index (χ0n) is 13.6. The summed E-state index contributed by atoms with van der Waals surface area (Å²) in [7, 11) is 0. The summed E-state index contributed by atoms with van der Waals surface area (Å²) in [4.78, 5) is 27.2. The SMILES string of the molecule is NC(=O)c1ccc(C(=O)NCc2ccc(Cn3ccnc3)cc2)cc1. The topological polar surface area (TPSA) is 90.0 Å². The molecule has 6 heteroatoms. The van der Waals surface area contributed by atoms with Crippen molar-refractivity contribution in [2.75, 3.05) is 0 Å². The lowest BCUT2D eigenvalue weighted by molar-refractivity contribution is 0.0948. The highest BCUT2D eigenvalue weighted by Crippen LogP contribution is 2.08. The van der Waals surface area contributed by atoms with Gasteiger partial charge in [-0.15, -0.1) is 0 Å². The first-order valence-electron chi connectivity index (χ1n) is 7.83. The van der Waals surface area contributed by atoms with Crippen LogP contribution in [0.5, 0.6) is 0 Å². The van der Waals surface area contributed by atoms with E-state index in [-0.39, 0.29) is 5.91 Å². The van der Waals surface area contributed by atoms with E-state index in [1.165, 1.54) is 0 Å². The molecule has 6 nitrogen and oxygen atoms in total. The number of hydrogen-bond donors (Lipinski definition) is 2. The minimum atomic E-state index is -0.511. The van der Waals surface area contributed by atoms with Crippen molar-refractivity contribution in [2.45, 2.75) is 13.1 Å². The molecule has 0 saturated heterocycles. The molecule has 3 rings (SSSR count). The number of nitrogens with zero attached hydrogens (tertiary/aromatic N) is 2. The second-order valence-electron chi connectivity index (χ2n) is 5.68. The molecule has 126 valence electrons. The van der Waals surface area contributed by atoms with Gasteiger partial charge in [-0.1, -0.05) is 24.3 Å². The number of rotatable bonds is 6. The standard InChI is InChI=1S/C19H18N4O2/c20-18(24)16-5-7-17(8-6-16)19(25)22-11-14-1-3-15(4-2-14)12-23-10-9-21-13-23/h1-10,13H,11-12H2,(H2,20,24)(H,22,25). The molecule has 0 aliphatic carbocycles. The third kappa shape index (κ3) is 4.32. The van der Waals surface area contributed by atoms with Crippen molar-refractivity contribution in [2.24, 2.45) is 5.73 Å². The molecule has 0 spiro atoms. The Hall–Kier alpha value is -3.41. The molecule has 1 heterocycles. The minimum absolute atomic E-state index is 0.196. The lowest BCUT2D eigenvalue weighted by atomic mass is 10.1. The van der Waals surface area contributed by atoms with Gasteiger partial charge in [0, 0.05) is 36.6 Å². The molecule has 0 unspecified atom stereocenters. The molecule has 0 aliphatic heterocycles. The number of aromatic nitrogens is 2. The molecule has 2 amide bonds. The van der Waals surface area contributed by atoms with E-state index in [1.54, 1.807) is 36.8 Å². The molecule has 3 N–H and O–H groups in total. The van der Waals surface area contributed by atoms with Gasteiger partial charge in [0.25, 0.3) is 5.91 Å². The molecule has 0 bridgehead atoms. The number of nitrogens with one attached hydrogen (secondary N) is 1. The van der Waals surface area contributed by atoms with Crippen molar-refractivity contribution < 1.29 is 9.59 Å². The first kappa shape index (κ1) is 16.4. The van der Waals surface area contributed by atoms with Gasteiger partial charge in [0.1, 0.15) is 0 Å². The van der Waals surface area contributed by atoms with Gasteiger partial charge < -0.3 is 15.6 Å². The number of carbonyl (C=O) groups is 2. The van der Waals surface area contributed by atoms with E-state index in [0.29, 0.717) is 17.7 Å². The summed E-state index contributed by atoms with van der Waals surface area (Å²) >= 11 is 0. The van der Waals surface area contributed by atoms with Crippen LogP contribution < -0.4 is 11.1 Å². The maximum Gasteiger partial charge on any atom is 0.251 e. The highest BCUT2D eigenvalue weighted by Gasteiger charge is 2.07. The normalized spacial score (nSPS) is 10.4. The highest BCUT2D eigenvalue weighted by atomic mass is 16.2. The number of carbonyl (C=O) groups excluding carboxylic acids is 2. The van der Waals surface area contributed by atoms with Crippen LogP contribution in [0.15, 0.2) is 67.3 Å². The van der Waals surface area contributed by atoms with Crippen molar-refractivity contribution in [3.8, 4) is 0 Å². The van der Waals surface area contributed by atoms with Crippen LogP contribution in [-0.2, 0) is 13.1 Å². The van der Waals surface area contributed by atoms with Crippen molar-refractivity contribution in [3.63, 3.8) is 0 Å². The van der Waals surface area contributed by atoms with Gasteiger partial charge >= 0.3 is 0 Å². The fraction of sp³-hybridized carbons (Fsp3) is 0.105. The van der Waals surface area contributed by atoms with Crippen LogP contribution >= 0.6 is 0 Å². The fourth-order valence-corrected chi connectivity index (χ4v) is 2.42. The summed E-state index contributed by atoms with van der Waals surface area (Å²) in [5.41, 5.74) is 8.22. The maximum atomic E-state index is 12.1. The predicted octanol–water partition coefficient (Wildman–Crippen LogP) is 1.96. The Labute approximate surface area is 145 Å². The van der Waals surface area contributed by atoms with E-state index >= 15 is 0 Å². The highest BCUT2D eigenvalue weighted by molar-refractivity contribution is 5.97. The van der Waals surface area contributed by atoms with Gasteiger partial charge in [0.15, 0.2) is 0 Å². The Morgan fingerprint density at radius 3 is 2.20 bits per heavy atom. The number of nitrogens with two attached hydrogens (primary N) is 1. The number of imidazole rings is 1. The predicted molar refractivity (Wildman–Crippen MR) is 93.9 cm³/mol. The first-order chi connectivity index (χ1) is 12.1. The second kappa shape index (κ2) is 7.44. The Morgan fingerprint density at radius 1 is 0.960 bits per heavy atom. The van der Waals surface area contributed by atoms with Crippen molar-refractivity contribution in [1.29, 1.82) is 0 Å². The van der Waals surface area contributed by atoms with Crippen LogP contribution in [0.3, 0.4) is 0 Å². The van der Waals surface area contributed by atoms with Gasteiger partial charge in [-0.25, -0.2) is 4.98 Å². The molecule has 0 atom stereocenters. The summed E-state index contributed by atoms with van der Waals surface area (Å²) in [6.07, 6.45) is 5.44. The van der Waals surface area contributed by atoms with Crippen LogP contribution in [0.4, 0.5) is 0 Å². The van der Waals surface area contributed by atoms with E-state index in [2.05, 4.69) is 10.3 Å². The average Bonchev–Trinajstić information content (AvgIpc) is 3.14. The molecule has 0 aliphatic rings. The van der Waals surface area contributed by atoms with E-state index < -0.39 is 5.91 Å². The lowest BCUT2D eigenvalue weighted by Gasteiger charge is -2.07. The second-order valence-corrected chi connectivity index (χ2v) is 5.68. The van der Waals surface area contributed by atoms with Crippen LogP contribution in [0, 0.1) is 0 Å². The quantitative estimate of drug-likeness (QED) is 0.722. The third-order valence-corrected chi connectivity index (χ3v) is 3.83. The summed E-state index contributed by atoms with van der Waals surface area (Å²) in [5.74, 6) is -0.707. The zero-order chi connectivity index (χ0) is 17.6. The number of hydrogen-bond acceptors (Lipinski definition) is 3. The van der Waals surface area contributed by atoms with Gasteiger partial charge in [0.2, 0.25) is 5.91 Å². The van der Waals surface area contributed by atoms with Crippen LogP contribution in [0.1, 0.15) is 31.8 Å². The zero-order valence-corrected chi connectivity index (χ0v) is 13.6. The monoisotopic (exact) mass is 334 g/mol. The molecule has 0 radical (unpaired) electrons. The molecule has 2 aromatic carbocycles. The van der Waals surface area contributed by atoms with E-state index in [1.807, 2.05) is 35.0 Å². The lowest BCUT2D eigenvalue weighted by Crippen LogP contribution is -2.23. The summed E-state index contributed by atoms with van der Waals surface area (Å²) < 4.78 is 1.99. The summed E-state index contributed by atoms with van der Waals surface area (Å²) in [6.45, 7) is 1.20. The van der Waals surface area contributed by atoms with Gasteiger partial charge in [-0.2, -0.15) is 0 Å².